The number of rotatable bonds is 7. The molecule has 0 unspecified atom stereocenters. The second-order valence-corrected chi connectivity index (χ2v) is 4.45. The molecule has 3 N–H and O–H groups in total. The Morgan fingerprint density at radius 1 is 1.32 bits per heavy atom. The number of hydrogen-bond donors (Lipinski definition) is 3. The van der Waals surface area contributed by atoms with Gasteiger partial charge in [0.05, 0.1) is 6.61 Å². The highest BCUT2D eigenvalue weighted by molar-refractivity contribution is 7.80. The first kappa shape index (κ1) is 15.4. The topological polar surface area (TPSA) is 47.3 Å². The molecule has 104 valence electrons. The summed E-state index contributed by atoms with van der Waals surface area (Å²) in [5, 5.41) is 6.51. The van der Waals surface area contributed by atoms with Crippen LogP contribution in [-0.2, 0) is 0 Å². The molecule has 0 bridgehead atoms. The number of unbranched alkanes of at least 4 members (excludes halogenated alkanes) is 1. The Balaban J connectivity index is 2.39. The second kappa shape index (κ2) is 9.33. The third kappa shape index (κ3) is 6.76. The fraction of sp³-hybridized carbons (Fsp3) is 0.429. The molecule has 0 saturated carbocycles. The van der Waals surface area contributed by atoms with Gasteiger partial charge in [0.2, 0.25) is 5.11 Å². The van der Waals surface area contributed by atoms with Crippen LogP contribution in [0.25, 0.3) is 0 Å². The van der Waals surface area contributed by atoms with Gasteiger partial charge in [0, 0.05) is 12.1 Å². The Labute approximate surface area is 120 Å². The van der Waals surface area contributed by atoms with E-state index in [-0.39, 0.29) is 0 Å². The zero-order valence-corrected chi connectivity index (χ0v) is 12.3. The molecular weight excluding hydrogens is 258 g/mol. The first-order valence-corrected chi connectivity index (χ1v) is 7.02. The van der Waals surface area contributed by atoms with Crippen LogP contribution in [0.15, 0.2) is 24.3 Å². The molecule has 0 atom stereocenters. The van der Waals surface area contributed by atoms with Crippen molar-refractivity contribution in [1.82, 2.24) is 10.7 Å². The lowest BCUT2D eigenvalue weighted by atomic mass is 10.2. The van der Waals surface area contributed by atoms with Gasteiger partial charge in [-0.1, -0.05) is 13.3 Å². The van der Waals surface area contributed by atoms with Gasteiger partial charge in [-0.25, -0.2) is 0 Å². The Bertz CT molecular complexity index is 404. The van der Waals surface area contributed by atoms with Gasteiger partial charge < -0.3 is 10.1 Å². The predicted molar refractivity (Wildman–Crippen MR) is 82.4 cm³/mol. The van der Waals surface area contributed by atoms with Crippen LogP contribution in [0, 0.1) is 0 Å². The van der Waals surface area contributed by atoms with Crippen molar-refractivity contribution >= 4 is 23.5 Å². The maximum Gasteiger partial charge on any atom is 0.223 e. The number of hydrazine groups is 1. The van der Waals surface area contributed by atoms with E-state index in [2.05, 4.69) is 22.8 Å². The van der Waals surface area contributed by atoms with Gasteiger partial charge in [0.25, 0.3) is 0 Å². The lowest BCUT2D eigenvalue weighted by Crippen LogP contribution is -2.82. The van der Waals surface area contributed by atoms with Crippen molar-refractivity contribution in [3.8, 4) is 5.75 Å². The molecule has 1 aromatic rings. The van der Waals surface area contributed by atoms with E-state index < -0.39 is 0 Å². The van der Waals surface area contributed by atoms with Gasteiger partial charge in [0.15, 0.2) is 6.21 Å². The van der Waals surface area contributed by atoms with E-state index in [1.54, 1.807) is 0 Å². The van der Waals surface area contributed by atoms with Crippen molar-refractivity contribution in [2.24, 2.45) is 0 Å². The minimum atomic E-state index is 0.582. The molecule has 0 aliphatic carbocycles. The fourth-order valence-electron chi connectivity index (χ4n) is 1.38. The van der Waals surface area contributed by atoms with E-state index in [9.17, 15) is 0 Å². The fourth-order valence-corrected chi connectivity index (χ4v) is 1.59. The maximum absolute atomic E-state index is 5.60. The van der Waals surface area contributed by atoms with Crippen molar-refractivity contribution in [2.75, 3.05) is 13.2 Å². The molecule has 1 rings (SSSR count). The van der Waals surface area contributed by atoms with E-state index >= 15 is 0 Å². The first-order chi connectivity index (χ1) is 9.26. The van der Waals surface area contributed by atoms with E-state index in [0.717, 1.165) is 37.3 Å². The van der Waals surface area contributed by atoms with Gasteiger partial charge >= 0.3 is 0 Å². The van der Waals surface area contributed by atoms with Crippen molar-refractivity contribution in [3.63, 3.8) is 0 Å². The Morgan fingerprint density at radius 2 is 2.05 bits per heavy atom. The third-order valence-electron chi connectivity index (χ3n) is 2.41. The molecule has 0 radical (unpaired) electrons. The minimum Gasteiger partial charge on any atom is -0.494 e. The van der Waals surface area contributed by atoms with Crippen LogP contribution < -0.4 is 20.6 Å². The van der Waals surface area contributed by atoms with Gasteiger partial charge in [0.1, 0.15) is 5.75 Å². The number of nitrogens with one attached hydrogen (secondary N) is 3. The zero-order chi connectivity index (χ0) is 13.9. The molecule has 0 amide bonds. The largest absolute Gasteiger partial charge is 0.494 e. The monoisotopic (exact) mass is 280 g/mol. The highest BCUT2D eigenvalue weighted by Gasteiger charge is 1.96. The van der Waals surface area contributed by atoms with Crippen LogP contribution in [0.1, 0.15) is 32.3 Å². The number of thiocarbonyl (C=S) groups is 1. The van der Waals surface area contributed by atoms with Gasteiger partial charge in [-0.15, -0.1) is 10.5 Å². The Kier molecular flexibility index (Phi) is 7.58. The summed E-state index contributed by atoms with van der Waals surface area (Å²) >= 11 is 5.02. The van der Waals surface area contributed by atoms with E-state index in [1.165, 1.54) is 0 Å². The van der Waals surface area contributed by atoms with E-state index in [1.807, 2.05) is 37.4 Å². The van der Waals surface area contributed by atoms with Crippen LogP contribution in [0.2, 0.25) is 0 Å². The molecular formula is C14H22N3OS+. The van der Waals surface area contributed by atoms with Crippen LogP contribution in [0.3, 0.4) is 0 Å². The molecule has 0 aliphatic rings. The van der Waals surface area contributed by atoms with Gasteiger partial charge in [-0.2, -0.15) is 0 Å². The maximum atomic E-state index is 5.60. The molecule has 19 heavy (non-hydrogen) atoms. The zero-order valence-electron chi connectivity index (χ0n) is 11.5. The normalized spacial score (nSPS) is 10.4. The van der Waals surface area contributed by atoms with E-state index in [0.29, 0.717) is 5.11 Å². The predicted octanol–water partition coefficient (Wildman–Crippen LogP) is 0.764. The number of benzene rings is 1. The quantitative estimate of drug-likeness (QED) is 0.299. The molecule has 0 spiro atoms. The van der Waals surface area contributed by atoms with Crippen molar-refractivity contribution in [1.29, 1.82) is 0 Å². The van der Waals surface area contributed by atoms with Crippen molar-refractivity contribution < 1.29 is 9.84 Å². The van der Waals surface area contributed by atoms with Crippen LogP contribution in [0.5, 0.6) is 5.75 Å². The number of hydrogen-bond acceptors (Lipinski definition) is 2. The summed E-state index contributed by atoms with van der Waals surface area (Å²) in [6.07, 6.45) is 4.08. The van der Waals surface area contributed by atoms with Crippen molar-refractivity contribution in [3.05, 3.63) is 29.8 Å². The second-order valence-electron chi connectivity index (χ2n) is 4.04. The first-order valence-electron chi connectivity index (χ1n) is 6.61. The van der Waals surface area contributed by atoms with Crippen LogP contribution >= 0.6 is 12.2 Å². The number of hydrazone groups is 1. The molecule has 0 aromatic heterocycles. The molecule has 0 aliphatic heterocycles. The van der Waals surface area contributed by atoms with Gasteiger partial charge in [-0.3, -0.25) is 0 Å². The summed E-state index contributed by atoms with van der Waals surface area (Å²) in [5.74, 6) is 0.904. The molecule has 5 heteroatoms. The lowest BCUT2D eigenvalue weighted by Gasteiger charge is -2.04. The highest BCUT2D eigenvalue weighted by Crippen LogP contribution is 2.11. The van der Waals surface area contributed by atoms with Crippen LogP contribution in [0.4, 0.5) is 0 Å². The minimum absolute atomic E-state index is 0.582. The summed E-state index contributed by atoms with van der Waals surface area (Å²) in [5.41, 5.74) is 3.92. The Hall–Kier alpha value is -1.62. The number of ether oxygens (including phenoxy) is 1. The summed E-state index contributed by atoms with van der Waals surface area (Å²) in [4.78, 5) is 0. The third-order valence-corrected chi connectivity index (χ3v) is 2.65. The Morgan fingerprint density at radius 3 is 2.68 bits per heavy atom. The average Bonchev–Trinajstić information content (AvgIpc) is 2.41. The summed E-state index contributed by atoms with van der Waals surface area (Å²) < 4.78 is 5.60. The lowest BCUT2D eigenvalue weighted by molar-refractivity contribution is -0.500. The SMILES string of the molecule is CCCCOc1ccc(C=[NH+]NC(=S)NCC)cc1. The standard InChI is InChI=1S/C14H21N3OS/c1-3-5-10-18-13-8-6-12(7-9-13)11-16-17-14(19)15-4-2/h6-9,11H,3-5,10H2,1-2H3,(H2,15,17,19)/p+1. The highest BCUT2D eigenvalue weighted by atomic mass is 32.1. The molecule has 1 aromatic carbocycles. The van der Waals surface area contributed by atoms with Gasteiger partial charge in [-0.05, 0) is 49.8 Å². The summed E-state index contributed by atoms with van der Waals surface area (Å²) in [7, 11) is 0. The molecule has 0 saturated heterocycles. The average molecular weight is 280 g/mol. The van der Waals surface area contributed by atoms with E-state index in [4.69, 9.17) is 17.0 Å². The smallest absolute Gasteiger partial charge is 0.223 e. The van der Waals surface area contributed by atoms with Crippen LogP contribution in [-0.4, -0.2) is 24.5 Å². The summed E-state index contributed by atoms with van der Waals surface area (Å²) in [6, 6.07) is 7.91. The molecule has 0 fully saturated rings. The van der Waals surface area contributed by atoms with Crippen molar-refractivity contribution in [2.45, 2.75) is 26.7 Å². The molecule has 0 heterocycles. The summed E-state index contributed by atoms with van der Waals surface area (Å²) in [6.45, 7) is 5.72. The molecule has 4 nitrogen and oxygen atoms in total.